The molecule has 2 aliphatic heterocycles. The third kappa shape index (κ3) is 1.45. The van der Waals surface area contributed by atoms with Gasteiger partial charge in [0, 0.05) is 12.6 Å². The van der Waals surface area contributed by atoms with E-state index in [2.05, 4.69) is 48.5 Å². The van der Waals surface area contributed by atoms with Crippen molar-refractivity contribution in [3.63, 3.8) is 0 Å². The molecule has 0 aromatic rings. The van der Waals surface area contributed by atoms with E-state index >= 15 is 0 Å². The number of thiol groups is 1. The van der Waals surface area contributed by atoms with E-state index in [1.807, 2.05) is 0 Å². The maximum Gasteiger partial charge on any atom is 0.172 e. The Morgan fingerprint density at radius 1 is 1.64 bits per heavy atom. The fourth-order valence-electron chi connectivity index (χ4n) is 1.95. The molecule has 0 spiro atoms. The second kappa shape index (κ2) is 3.56. The zero-order chi connectivity index (χ0) is 10.3. The van der Waals surface area contributed by atoms with E-state index in [1.54, 1.807) is 5.01 Å². The molecule has 5 heteroatoms. The first-order valence-corrected chi connectivity index (χ1v) is 5.29. The average Bonchev–Trinajstić information content (AvgIpc) is 2.43. The summed E-state index contributed by atoms with van der Waals surface area (Å²) in [6.07, 6.45) is 4.39. The Balaban J connectivity index is 2.25. The predicted molar refractivity (Wildman–Crippen MR) is 61.0 cm³/mol. The largest absolute Gasteiger partial charge is 0.279 e. The standard InChI is InChI=1S/C9H16N4S/c1-6(2)12-5-3-4-7-8(12)11-9(14)13(7)10/h3-4,6-8H,5,10H2,1-2H3,(H,11,14). The molecule has 0 amide bonds. The third-order valence-corrected chi connectivity index (χ3v) is 3.10. The van der Waals surface area contributed by atoms with Crippen LogP contribution in [0.3, 0.4) is 0 Å². The van der Waals surface area contributed by atoms with Crippen LogP contribution in [0.15, 0.2) is 17.1 Å². The number of hydrazine groups is 1. The van der Waals surface area contributed by atoms with Crippen LogP contribution in [0.25, 0.3) is 0 Å². The van der Waals surface area contributed by atoms with Crippen LogP contribution in [-0.4, -0.2) is 39.9 Å². The molecule has 0 bridgehead atoms. The highest BCUT2D eigenvalue weighted by molar-refractivity contribution is 7.96. The van der Waals surface area contributed by atoms with E-state index in [4.69, 9.17) is 5.84 Å². The number of fused-ring (bicyclic) bond motifs is 1. The Kier molecular flexibility index (Phi) is 2.55. The SMILES string of the molecule is CC(C)N1CC=CC2C1N=C(S)N2N. The fourth-order valence-corrected chi connectivity index (χ4v) is 2.20. The maximum atomic E-state index is 5.84. The third-order valence-electron chi connectivity index (χ3n) is 2.76. The van der Waals surface area contributed by atoms with Crippen molar-refractivity contribution in [2.45, 2.75) is 32.1 Å². The van der Waals surface area contributed by atoms with Crippen molar-refractivity contribution in [1.82, 2.24) is 9.91 Å². The number of rotatable bonds is 1. The van der Waals surface area contributed by atoms with Gasteiger partial charge in [-0.15, -0.1) is 12.6 Å². The minimum atomic E-state index is 0.137. The normalized spacial score (nSPS) is 32.4. The lowest BCUT2D eigenvalue weighted by Crippen LogP contribution is -2.52. The smallest absolute Gasteiger partial charge is 0.172 e. The van der Waals surface area contributed by atoms with E-state index in [1.165, 1.54) is 0 Å². The zero-order valence-electron chi connectivity index (χ0n) is 8.46. The van der Waals surface area contributed by atoms with Crippen LogP contribution in [0, 0.1) is 0 Å². The number of hydrogen-bond acceptors (Lipinski definition) is 4. The highest BCUT2D eigenvalue weighted by atomic mass is 32.1. The number of amidine groups is 1. The van der Waals surface area contributed by atoms with Crippen molar-refractivity contribution in [3.05, 3.63) is 12.2 Å². The Morgan fingerprint density at radius 3 is 3.00 bits per heavy atom. The topological polar surface area (TPSA) is 44.9 Å². The maximum absolute atomic E-state index is 5.84. The summed E-state index contributed by atoms with van der Waals surface area (Å²) in [6, 6.07) is 0.627. The van der Waals surface area contributed by atoms with Crippen molar-refractivity contribution >= 4 is 17.8 Å². The molecule has 4 nitrogen and oxygen atoms in total. The molecule has 14 heavy (non-hydrogen) atoms. The van der Waals surface area contributed by atoms with Crippen LogP contribution in [0.1, 0.15) is 13.8 Å². The van der Waals surface area contributed by atoms with Gasteiger partial charge in [-0.05, 0) is 13.8 Å². The molecule has 0 radical (unpaired) electrons. The first kappa shape index (κ1) is 10.0. The van der Waals surface area contributed by atoms with Gasteiger partial charge in [0.2, 0.25) is 0 Å². The van der Waals surface area contributed by atoms with E-state index in [9.17, 15) is 0 Å². The highest BCUT2D eigenvalue weighted by Crippen LogP contribution is 2.25. The summed E-state index contributed by atoms with van der Waals surface area (Å²) in [5, 5.41) is 2.25. The molecule has 2 aliphatic rings. The van der Waals surface area contributed by atoms with Crippen molar-refractivity contribution in [3.8, 4) is 0 Å². The second-order valence-corrected chi connectivity index (χ2v) is 4.36. The first-order valence-electron chi connectivity index (χ1n) is 4.84. The van der Waals surface area contributed by atoms with Gasteiger partial charge in [0.25, 0.3) is 0 Å². The van der Waals surface area contributed by atoms with Gasteiger partial charge < -0.3 is 0 Å². The molecule has 2 atom stereocenters. The van der Waals surface area contributed by atoms with Crippen molar-refractivity contribution in [2.75, 3.05) is 6.54 Å². The van der Waals surface area contributed by atoms with Crippen LogP contribution < -0.4 is 5.84 Å². The number of nitrogens with two attached hydrogens (primary N) is 1. The summed E-state index contributed by atoms with van der Waals surface area (Å²) < 4.78 is 0. The monoisotopic (exact) mass is 212 g/mol. The second-order valence-electron chi connectivity index (χ2n) is 3.96. The summed E-state index contributed by atoms with van der Waals surface area (Å²) in [5.41, 5.74) is 0. The van der Waals surface area contributed by atoms with Gasteiger partial charge in [-0.2, -0.15) is 0 Å². The van der Waals surface area contributed by atoms with Gasteiger partial charge >= 0.3 is 0 Å². The minimum absolute atomic E-state index is 0.137. The van der Waals surface area contributed by atoms with Crippen LogP contribution in [0.5, 0.6) is 0 Å². The van der Waals surface area contributed by atoms with Gasteiger partial charge in [-0.1, -0.05) is 12.2 Å². The predicted octanol–water partition coefficient (Wildman–Crippen LogP) is 0.436. The lowest BCUT2D eigenvalue weighted by Gasteiger charge is -2.36. The fraction of sp³-hybridized carbons (Fsp3) is 0.667. The van der Waals surface area contributed by atoms with Crippen molar-refractivity contribution in [2.24, 2.45) is 10.8 Å². The van der Waals surface area contributed by atoms with Crippen LogP contribution in [0.4, 0.5) is 0 Å². The number of nitrogens with zero attached hydrogens (tertiary/aromatic N) is 3. The Labute approximate surface area is 89.8 Å². The summed E-state index contributed by atoms with van der Waals surface area (Å²) in [4.78, 5) is 6.76. The molecule has 0 fully saturated rings. The van der Waals surface area contributed by atoms with E-state index in [-0.39, 0.29) is 12.2 Å². The molecule has 2 rings (SSSR count). The molecule has 2 N–H and O–H groups in total. The zero-order valence-corrected chi connectivity index (χ0v) is 9.35. The Morgan fingerprint density at radius 2 is 2.36 bits per heavy atom. The summed E-state index contributed by atoms with van der Waals surface area (Å²) in [5.74, 6) is 5.84. The molecule has 2 unspecified atom stereocenters. The molecular formula is C9H16N4S. The minimum Gasteiger partial charge on any atom is -0.279 e. The van der Waals surface area contributed by atoms with Crippen LogP contribution in [0.2, 0.25) is 0 Å². The molecular weight excluding hydrogens is 196 g/mol. The van der Waals surface area contributed by atoms with E-state index < -0.39 is 0 Å². The molecule has 0 saturated heterocycles. The van der Waals surface area contributed by atoms with Gasteiger partial charge in [0.05, 0.1) is 0 Å². The van der Waals surface area contributed by atoms with Gasteiger partial charge in [0.1, 0.15) is 12.2 Å². The molecule has 0 aromatic carbocycles. The first-order chi connectivity index (χ1) is 6.61. The van der Waals surface area contributed by atoms with Crippen molar-refractivity contribution < 1.29 is 0 Å². The summed E-state index contributed by atoms with van der Waals surface area (Å²) in [6.45, 7) is 5.28. The molecule has 0 saturated carbocycles. The van der Waals surface area contributed by atoms with Crippen LogP contribution in [-0.2, 0) is 0 Å². The molecule has 0 aromatic heterocycles. The number of aliphatic imine (C=N–C) groups is 1. The molecule has 0 aliphatic carbocycles. The van der Waals surface area contributed by atoms with Gasteiger partial charge in [0.15, 0.2) is 5.17 Å². The van der Waals surface area contributed by atoms with Gasteiger partial charge in [-0.3, -0.25) is 9.91 Å². The van der Waals surface area contributed by atoms with E-state index in [0.29, 0.717) is 11.2 Å². The van der Waals surface area contributed by atoms with Crippen LogP contribution >= 0.6 is 12.6 Å². The average molecular weight is 212 g/mol. The molecule has 78 valence electrons. The lowest BCUT2D eigenvalue weighted by atomic mass is 10.1. The van der Waals surface area contributed by atoms with E-state index in [0.717, 1.165) is 6.54 Å². The summed E-state index contributed by atoms with van der Waals surface area (Å²) >= 11 is 4.24. The van der Waals surface area contributed by atoms with Crippen molar-refractivity contribution in [1.29, 1.82) is 0 Å². The van der Waals surface area contributed by atoms with Gasteiger partial charge in [-0.25, -0.2) is 10.8 Å². The quantitative estimate of drug-likeness (QED) is 0.376. The number of hydrogen-bond donors (Lipinski definition) is 2. The lowest BCUT2D eigenvalue weighted by molar-refractivity contribution is 0.132. The Hall–Kier alpha value is -0.520. The Bertz CT molecular complexity index is 287. The summed E-state index contributed by atoms with van der Waals surface area (Å²) in [7, 11) is 0. The molecule has 2 heterocycles. The highest BCUT2D eigenvalue weighted by Gasteiger charge is 2.38.